The van der Waals surface area contributed by atoms with Crippen LogP contribution in [0.25, 0.3) is 11.2 Å². The highest BCUT2D eigenvalue weighted by Gasteiger charge is 2.20. The zero-order chi connectivity index (χ0) is 18.3. The first-order valence-corrected chi connectivity index (χ1v) is 8.34. The highest BCUT2D eigenvalue weighted by atomic mass is 35.5. The Morgan fingerprint density at radius 3 is 2.85 bits per heavy atom. The Bertz CT molecular complexity index is 1130. The lowest BCUT2D eigenvalue weighted by atomic mass is 10.2. The average Bonchev–Trinajstić information content (AvgIpc) is 3.20. The molecule has 0 aliphatic rings. The molecule has 0 bridgehead atoms. The van der Waals surface area contributed by atoms with E-state index in [0.29, 0.717) is 27.1 Å². The number of nitrogen functional groups attached to an aromatic ring is 1. The van der Waals surface area contributed by atoms with Crippen LogP contribution < -0.4 is 11.1 Å². The number of hydrogen-bond donors (Lipinski definition) is 2. The van der Waals surface area contributed by atoms with Crippen molar-refractivity contribution in [1.82, 2.24) is 19.4 Å². The van der Waals surface area contributed by atoms with Crippen molar-refractivity contribution in [2.75, 3.05) is 11.1 Å². The number of hydrogen-bond acceptors (Lipinski definition) is 4. The minimum atomic E-state index is -0.399. The summed E-state index contributed by atoms with van der Waals surface area (Å²) in [5.74, 6) is 0.165. The van der Waals surface area contributed by atoms with Crippen molar-refractivity contribution in [3.8, 4) is 5.69 Å². The lowest BCUT2D eigenvalue weighted by Crippen LogP contribution is -2.16. The molecule has 3 aromatic heterocycles. The quantitative estimate of drug-likeness (QED) is 0.561. The van der Waals surface area contributed by atoms with Gasteiger partial charge in [-0.3, -0.25) is 4.79 Å². The number of aromatic nitrogens is 4. The van der Waals surface area contributed by atoms with E-state index >= 15 is 0 Å². The molecule has 0 aliphatic carbocycles. The van der Waals surface area contributed by atoms with Crippen LogP contribution in [0.3, 0.4) is 0 Å². The summed E-state index contributed by atoms with van der Waals surface area (Å²) < 4.78 is 3.05. The molecule has 4 aromatic rings. The van der Waals surface area contributed by atoms with Gasteiger partial charge in [-0.15, -0.1) is 5.10 Å². The number of nitrogens with one attached hydrogen (secondary N) is 1. The minimum absolute atomic E-state index is 0.139. The molecular formula is C17H12Cl2N6O. The molecule has 0 radical (unpaired) electrons. The van der Waals surface area contributed by atoms with E-state index in [1.807, 2.05) is 6.07 Å². The number of nitrogens with two attached hydrogens (primary N) is 1. The summed E-state index contributed by atoms with van der Waals surface area (Å²) in [5.41, 5.74) is 7.36. The smallest absolute Gasteiger partial charge is 0.262 e. The van der Waals surface area contributed by atoms with Gasteiger partial charge in [-0.2, -0.15) is 5.10 Å². The minimum Gasteiger partial charge on any atom is -0.382 e. The van der Waals surface area contributed by atoms with Gasteiger partial charge in [0, 0.05) is 17.3 Å². The van der Waals surface area contributed by atoms with Crippen LogP contribution >= 0.6 is 23.2 Å². The first-order chi connectivity index (χ1) is 12.5. The fraction of sp³-hybridized carbons (Fsp3) is 0. The fourth-order valence-corrected chi connectivity index (χ4v) is 3.03. The topological polar surface area (TPSA) is 90.2 Å². The number of halogens is 2. The Morgan fingerprint density at radius 1 is 1.15 bits per heavy atom. The molecule has 26 heavy (non-hydrogen) atoms. The van der Waals surface area contributed by atoms with Crippen molar-refractivity contribution in [2.45, 2.75) is 0 Å². The van der Waals surface area contributed by atoms with Gasteiger partial charge in [-0.25, -0.2) is 9.20 Å². The van der Waals surface area contributed by atoms with E-state index in [1.165, 1.54) is 4.68 Å². The van der Waals surface area contributed by atoms with E-state index in [-0.39, 0.29) is 11.4 Å². The molecule has 0 aliphatic heterocycles. The predicted octanol–water partition coefficient (Wildman–Crippen LogP) is 3.66. The van der Waals surface area contributed by atoms with Gasteiger partial charge in [-0.05, 0) is 30.3 Å². The highest BCUT2D eigenvalue weighted by molar-refractivity contribution is 6.34. The fourth-order valence-electron chi connectivity index (χ4n) is 2.67. The number of benzene rings is 1. The molecule has 4 rings (SSSR count). The third kappa shape index (κ3) is 2.77. The van der Waals surface area contributed by atoms with Crippen LogP contribution in [-0.2, 0) is 0 Å². The number of fused-ring (bicyclic) bond motifs is 1. The molecule has 0 spiro atoms. The first kappa shape index (κ1) is 16.4. The number of rotatable bonds is 3. The maximum atomic E-state index is 12.8. The number of nitrogens with zero attached hydrogens (tertiary/aromatic N) is 4. The van der Waals surface area contributed by atoms with Crippen molar-refractivity contribution in [3.05, 3.63) is 70.5 Å². The SMILES string of the molecule is Nc1nn2ccccc2c1C(=O)Nc1ccnn1-c1cc(Cl)ccc1Cl. The van der Waals surface area contributed by atoms with E-state index in [1.54, 1.807) is 53.3 Å². The first-order valence-electron chi connectivity index (χ1n) is 7.58. The van der Waals surface area contributed by atoms with Crippen LogP contribution in [0.2, 0.25) is 10.0 Å². The van der Waals surface area contributed by atoms with Gasteiger partial charge < -0.3 is 11.1 Å². The van der Waals surface area contributed by atoms with Gasteiger partial charge >= 0.3 is 0 Å². The zero-order valence-electron chi connectivity index (χ0n) is 13.2. The van der Waals surface area contributed by atoms with Crippen LogP contribution in [0.5, 0.6) is 0 Å². The molecule has 9 heteroatoms. The Balaban J connectivity index is 1.73. The van der Waals surface area contributed by atoms with Crippen LogP contribution in [0.4, 0.5) is 11.6 Å². The molecule has 3 N–H and O–H groups in total. The Morgan fingerprint density at radius 2 is 2.00 bits per heavy atom. The van der Waals surface area contributed by atoms with Gasteiger partial charge in [0.15, 0.2) is 5.82 Å². The number of carbonyl (C=O) groups is 1. The monoisotopic (exact) mass is 386 g/mol. The summed E-state index contributed by atoms with van der Waals surface area (Å²) in [4.78, 5) is 12.8. The van der Waals surface area contributed by atoms with Crippen LogP contribution in [0.15, 0.2) is 54.9 Å². The number of pyridine rings is 1. The normalized spacial score (nSPS) is 11.0. The van der Waals surface area contributed by atoms with Crippen molar-refractivity contribution >= 4 is 46.3 Å². The average molecular weight is 387 g/mol. The molecule has 1 amide bonds. The molecule has 3 heterocycles. The summed E-state index contributed by atoms with van der Waals surface area (Å²) in [5, 5.41) is 12.1. The largest absolute Gasteiger partial charge is 0.382 e. The second-order valence-electron chi connectivity index (χ2n) is 5.47. The lowest BCUT2D eigenvalue weighted by molar-refractivity contribution is 0.102. The maximum Gasteiger partial charge on any atom is 0.262 e. The van der Waals surface area contributed by atoms with E-state index in [4.69, 9.17) is 28.9 Å². The van der Waals surface area contributed by atoms with Gasteiger partial charge in [0.2, 0.25) is 0 Å². The zero-order valence-corrected chi connectivity index (χ0v) is 14.7. The third-order valence-corrected chi connectivity index (χ3v) is 4.37. The van der Waals surface area contributed by atoms with E-state index in [2.05, 4.69) is 15.5 Å². The van der Waals surface area contributed by atoms with E-state index < -0.39 is 5.91 Å². The van der Waals surface area contributed by atoms with E-state index in [0.717, 1.165) is 0 Å². The van der Waals surface area contributed by atoms with Crippen LogP contribution in [0, 0.1) is 0 Å². The van der Waals surface area contributed by atoms with Gasteiger partial charge in [0.25, 0.3) is 5.91 Å². The summed E-state index contributed by atoms with van der Waals surface area (Å²) >= 11 is 12.3. The van der Waals surface area contributed by atoms with Crippen molar-refractivity contribution in [3.63, 3.8) is 0 Å². The number of amides is 1. The third-order valence-electron chi connectivity index (χ3n) is 3.81. The van der Waals surface area contributed by atoms with Crippen LogP contribution in [0.1, 0.15) is 10.4 Å². The second-order valence-corrected chi connectivity index (χ2v) is 6.31. The van der Waals surface area contributed by atoms with Crippen molar-refractivity contribution in [2.24, 2.45) is 0 Å². The molecule has 130 valence electrons. The Hall–Kier alpha value is -3.03. The molecule has 0 saturated heterocycles. The molecule has 7 nitrogen and oxygen atoms in total. The van der Waals surface area contributed by atoms with Crippen molar-refractivity contribution in [1.29, 1.82) is 0 Å². The predicted molar refractivity (Wildman–Crippen MR) is 101 cm³/mol. The highest BCUT2D eigenvalue weighted by Crippen LogP contribution is 2.27. The molecule has 1 aromatic carbocycles. The number of carbonyl (C=O) groups excluding carboxylic acids is 1. The second kappa shape index (κ2) is 6.36. The molecular weight excluding hydrogens is 375 g/mol. The number of anilines is 2. The molecule has 0 atom stereocenters. The summed E-state index contributed by atoms with van der Waals surface area (Å²) in [7, 11) is 0. The summed E-state index contributed by atoms with van der Waals surface area (Å²) in [6.07, 6.45) is 3.27. The van der Waals surface area contributed by atoms with Gasteiger partial charge in [0.1, 0.15) is 11.4 Å². The van der Waals surface area contributed by atoms with E-state index in [9.17, 15) is 4.79 Å². The lowest BCUT2D eigenvalue weighted by Gasteiger charge is -2.10. The Labute approximate surface area is 157 Å². The Kier molecular flexibility index (Phi) is 4.02. The molecule has 0 fully saturated rings. The van der Waals surface area contributed by atoms with Gasteiger partial charge in [0.05, 0.1) is 22.4 Å². The van der Waals surface area contributed by atoms with Gasteiger partial charge in [-0.1, -0.05) is 29.3 Å². The standard InChI is InChI=1S/C17H12Cl2N6O/c18-10-4-5-11(19)13(9-10)25-14(6-7-21-25)22-17(26)15-12-3-1-2-8-24(12)23-16(15)20/h1-9H,(H2,20,23)(H,22,26). The summed E-state index contributed by atoms with van der Waals surface area (Å²) in [6.45, 7) is 0. The van der Waals surface area contributed by atoms with Crippen molar-refractivity contribution < 1.29 is 4.79 Å². The maximum absolute atomic E-state index is 12.8. The summed E-state index contributed by atoms with van der Waals surface area (Å²) in [6, 6.07) is 12.0. The van der Waals surface area contributed by atoms with Crippen LogP contribution in [-0.4, -0.2) is 25.3 Å². The molecule has 0 unspecified atom stereocenters. The molecule has 0 saturated carbocycles.